The fraction of sp³-hybridized carbons (Fsp3) is 0.300. The quantitative estimate of drug-likeness (QED) is 0.667. The molecule has 3 heterocycles. The third-order valence-corrected chi connectivity index (χ3v) is 5.47. The van der Waals surface area contributed by atoms with Crippen LogP contribution in [0.25, 0.3) is 11.1 Å². The summed E-state index contributed by atoms with van der Waals surface area (Å²) in [6, 6.07) is 5.55. The lowest BCUT2D eigenvalue weighted by atomic mass is 10.0. The second kappa shape index (κ2) is 6.84. The number of carbonyl (C=O) groups is 1. The first-order chi connectivity index (χ1) is 14.4. The van der Waals surface area contributed by atoms with Gasteiger partial charge in [0, 0.05) is 24.4 Å². The summed E-state index contributed by atoms with van der Waals surface area (Å²) in [5.74, 6) is -1.58. The third kappa shape index (κ3) is 3.28. The van der Waals surface area contributed by atoms with E-state index in [9.17, 15) is 13.6 Å². The van der Waals surface area contributed by atoms with Crippen LogP contribution in [0.1, 0.15) is 24.2 Å². The Hall–Kier alpha value is -3.40. The zero-order chi connectivity index (χ0) is 20.9. The summed E-state index contributed by atoms with van der Waals surface area (Å²) >= 11 is 0. The Kier molecular flexibility index (Phi) is 4.24. The van der Waals surface area contributed by atoms with Gasteiger partial charge in [-0.1, -0.05) is 11.3 Å². The molecule has 1 atom stereocenters. The van der Waals surface area contributed by atoms with Crippen LogP contribution in [0.3, 0.4) is 0 Å². The van der Waals surface area contributed by atoms with Gasteiger partial charge in [-0.25, -0.2) is 13.6 Å². The maximum absolute atomic E-state index is 14.8. The van der Waals surface area contributed by atoms with E-state index in [2.05, 4.69) is 20.4 Å². The molecule has 1 aliphatic heterocycles. The number of nitrogens with zero attached hydrogens (tertiary/aromatic N) is 4. The minimum absolute atomic E-state index is 0.0878. The van der Waals surface area contributed by atoms with Crippen molar-refractivity contribution in [3.63, 3.8) is 0 Å². The van der Waals surface area contributed by atoms with Gasteiger partial charge in [0.1, 0.15) is 17.7 Å². The van der Waals surface area contributed by atoms with Gasteiger partial charge in [0.2, 0.25) is 0 Å². The Morgan fingerprint density at radius 1 is 1.27 bits per heavy atom. The molecule has 5 rings (SSSR count). The minimum Gasteiger partial charge on any atom is -0.444 e. The molecule has 2 aliphatic rings. The van der Waals surface area contributed by atoms with Crippen molar-refractivity contribution in [1.29, 1.82) is 0 Å². The molecule has 0 radical (unpaired) electrons. The van der Waals surface area contributed by atoms with Crippen molar-refractivity contribution in [1.82, 2.24) is 20.4 Å². The van der Waals surface area contributed by atoms with Gasteiger partial charge in [-0.2, -0.15) is 0 Å². The van der Waals surface area contributed by atoms with E-state index in [0.29, 0.717) is 23.4 Å². The molecule has 2 fully saturated rings. The summed E-state index contributed by atoms with van der Waals surface area (Å²) in [6.45, 7) is 0.152. The number of rotatable bonds is 5. The summed E-state index contributed by atoms with van der Waals surface area (Å²) in [6.07, 6.45) is 3.90. The van der Waals surface area contributed by atoms with Gasteiger partial charge in [-0.05, 0) is 31.0 Å². The average Bonchev–Trinajstić information content (AvgIpc) is 3.10. The minimum atomic E-state index is -0.791. The van der Waals surface area contributed by atoms with Crippen LogP contribution in [0.15, 0.2) is 36.7 Å². The number of benzene rings is 1. The molecular formula is C20H18F2N6O2. The Morgan fingerprint density at radius 3 is 2.63 bits per heavy atom. The predicted molar refractivity (Wildman–Crippen MR) is 102 cm³/mol. The highest BCUT2D eigenvalue weighted by Gasteiger charge is 2.41. The Balaban J connectivity index is 1.38. The van der Waals surface area contributed by atoms with Crippen LogP contribution in [-0.2, 0) is 16.7 Å². The lowest BCUT2D eigenvalue weighted by molar-refractivity contribution is 0.141. The summed E-state index contributed by atoms with van der Waals surface area (Å²) in [4.78, 5) is 17.7. The maximum Gasteiger partial charge on any atom is 0.414 e. The second-order valence-electron chi connectivity index (χ2n) is 7.66. The van der Waals surface area contributed by atoms with Crippen LogP contribution >= 0.6 is 0 Å². The van der Waals surface area contributed by atoms with E-state index in [4.69, 9.17) is 10.5 Å². The van der Waals surface area contributed by atoms with Crippen LogP contribution in [0.4, 0.5) is 19.3 Å². The van der Waals surface area contributed by atoms with E-state index in [1.54, 1.807) is 18.3 Å². The predicted octanol–water partition coefficient (Wildman–Crippen LogP) is 2.66. The number of ether oxygens (including phenoxy) is 1. The number of anilines is 1. The molecule has 1 saturated heterocycles. The van der Waals surface area contributed by atoms with Crippen molar-refractivity contribution in [2.75, 3.05) is 11.4 Å². The maximum atomic E-state index is 14.8. The number of hydrogen-bond acceptors (Lipinski definition) is 6. The number of aromatic amines is 1. The Bertz CT molecular complexity index is 1080. The number of cyclic esters (lactones) is 1. The van der Waals surface area contributed by atoms with Gasteiger partial charge in [-0.15, -0.1) is 5.10 Å². The normalized spacial score (nSPS) is 19.8. The van der Waals surface area contributed by atoms with E-state index < -0.39 is 29.4 Å². The standard InChI is InChI=1S/C20H18F2N6O2/c21-15-6-13(28-10-14(30-19(28)29)5-12-9-25-27-26-12)7-16(22)18(15)11-1-2-17(24-8-11)20(23)3-4-20/h1-2,6-9,14H,3-5,10,23H2,(H,25,26,27)/t14-/m1/s1. The fourth-order valence-corrected chi connectivity index (χ4v) is 3.62. The summed E-state index contributed by atoms with van der Waals surface area (Å²) in [5.41, 5.74) is 7.21. The number of hydrogen-bond donors (Lipinski definition) is 2. The molecule has 0 spiro atoms. The molecule has 3 aromatic rings. The van der Waals surface area contributed by atoms with Crippen molar-refractivity contribution in [3.8, 4) is 11.1 Å². The van der Waals surface area contributed by atoms with Gasteiger partial charge in [0.25, 0.3) is 0 Å². The monoisotopic (exact) mass is 412 g/mol. The zero-order valence-corrected chi connectivity index (χ0v) is 15.8. The molecular weight excluding hydrogens is 394 g/mol. The van der Waals surface area contributed by atoms with Crippen LogP contribution in [-0.4, -0.2) is 39.1 Å². The summed E-state index contributed by atoms with van der Waals surface area (Å²) < 4.78 is 35.0. The Labute approximate surface area is 170 Å². The summed E-state index contributed by atoms with van der Waals surface area (Å²) in [5, 5.41) is 10.0. The van der Waals surface area contributed by atoms with E-state index in [-0.39, 0.29) is 17.8 Å². The number of aromatic nitrogens is 4. The molecule has 10 heteroatoms. The number of carbonyl (C=O) groups excluding carboxylic acids is 1. The molecule has 1 saturated carbocycles. The molecule has 2 aromatic heterocycles. The molecule has 30 heavy (non-hydrogen) atoms. The van der Waals surface area contributed by atoms with E-state index in [0.717, 1.165) is 25.0 Å². The SMILES string of the molecule is NC1(c2ccc(-c3c(F)cc(N4C[C@@H](Cc5c[nH]nn5)OC4=O)cc3F)cn2)CC1. The van der Waals surface area contributed by atoms with Gasteiger partial charge in [0.05, 0.1) is 34.7 Å². The number of nitrogens with one attached hydrogen (secondary N) is 1. The smallest absolute Gasteiger partial charge is 0.414 e. The van der Waals surface area contributed by atoms with Gasteiger partial charge in [0.15, 0.2) is 0 Å². The average molecular weight is 412 g/mol. The largest absolute Gasteiger partial charge is 0.444 e. The van der Waals surface area contributed by atoms with Gasteiger partial charge in [-0.3, -0.25) is 15.0 Å². The molecule has 1 aromatic carbocycles. The first-order valence-corrected chi connectivity index (χ1v) is 9.51. The van der Waals surface area contributed by atoms with Crippen molar-refractivity contribution in [2.45, 2.75) is 30.9 Å². The third-order valence-electron chi connectivity index (χ3n) is 5.47. The lowest BCUT2D eigenvalue weighted by Crippen LogP contribution is -2.25. The number of amides is 1. The molecule has 1 amide bonds. The number of nitrogens with two attached hydrogens (primary N) is 1. The highest BCUT2D eigenvalue weighted by atomic mass is 19.1. The lowest BCUT2D eigenvalue weighted by Gasteiger charge is -2.15. The first-order valence-electron chi connectivity index (χ1n) is 9.51. The number of pyridine rings is 1. The van der Waals surface area contributed by atoms with E-state index in [1.807, 2.05) is 0 Å². The highest BCUT2D eigenvalue weighted by molar-refractivity contribution is 5.90. The van der Waals surface area contributed by atoms with Gasteiger partial charge < -0.3 is 10.5 Å². The van der Waals surface area contributed by atoms with Gasteiger partial charge >= 0.3 is 6.09 Å². The molecule has 3 N–H and O–H groups in total. The van der Waals surface area contributed by atoms with Crippen molar-refractivity contribution in [3.05, 3.63) is 59.7 Å². The number of halogens is 2. The van der Waals surface area contributed by atoms with Crippen LogP contribution in [0.2, 0.25) is 0 Å². The zero-order valence-electron chi connectivity index (χ0n) is 15.8. The highest BCUT2D eigenvalue weighted by Crippen LogP contribution is 2.42. The summed E-state index contributed by atoms with van der Waals surface area (Å²) in [7, 11) is 0. The molecule has 154 valence electrons. The van der Waals surface area contributed by atoms with E-state index >= 15 is 0 Å². The van der Waals surface area contributed by atoms with Crippen molar-refractivity contribution < 1.29 is 18.3 Å². The number of H-pyrrole nitrogens is 1. The molecule has 0 unspecified atom stereocenters. The Morgan fingerprint density at radius 2 is 2.03 bits per heavy atom. The molecule has 0 bridgehead atoms. The van der Waals surface area contributed by atoms with Crippen LogP contribution in [0, 0.1) is 11.6 Å². The van der Waals surface area contributed by atoms with Crippen molar-refractivity contribution in [2.24, 2.45) is 5.73 Å². The van der Waals surface area contributed by atoms with Crippen LogP contribution in [0.5, 0.6) is 0 Å². The topological polar surface area (TPSA) is 110 Å². The van der Waals surface area contributed by atoms with Crippen LogP contribution < -0.4 is 10.6 Å². The fourth-order valence-electron chi connectivity index (χ4n) is 3.62. The molecule has 8 nitrogen and oxygen atoms in total. The second-order valence-corrected chi connectivity index (χ2v) is 7.66. The molecule has 1 aliphatic carbocycles. The van der Waals surface area contributed by atoms with Crippen molar-refractivity contribution >= 4 is 11.8 Å². The first kappa shape index (κ1) is 18.6. The van der Waals surface area contributed by atoms with E-state index in [1.165, 1.54) is 11.1 Å².